The van der Waals surface area contributed by atoms with E-state index in [2.05, 4.69) is 20.3 Å². The summed E-state index contributed by atoms with van der Waals surface area (Å²) < 4.78 is 0. The van der Waals surface area contributed by atoms with Crippen LogP contribution in [0.5, 0.6) is 0 Å². The summed E-state index contributed by atoms with van der Waals surface area (Å²) in [5, 5.41) is 6.10. The van der Waals surface area contributed by atoms with Gasteiger partial charge >= 0.3 is 0 Å². The summed E-state index contributed by atoms with van der Waals surface area (Å²) in [4.78, 5) is 13.3. The highest BCUT2D eigenvalue weighted by atomic mass is 32.1. The van der Waals surface area contributed by atoms with Crippen LogP contribution >= 0.6 is 11.3 Å². The maximum atomic E-state index is 4.14. The van der Waals surface area contributed by atoms with Crippen LogP contribution in [-0.4, -0.2) is 16.3 Å². The molecular weight excluding hydrogens is 172 g/mol. The number of aromatic nitrogens is 2. The molecule has 12 heavy (non-hydrogen) atoms. The van der Waals surface area contributed by atoms with Gasteiger partial charge in [0.2, 0.25) is 0 Å². The van der Waals surface area contributed by atoms with Crippen molar-refractivity contribution < 1.29 is 0 Å². The molecule has 0 radical (unpaired) electrons. The van der Waals surface area contributed by atoms with Gasteiger partial charge in [-0.05, 0) is 0 Å². The van der Waals surface area contributed by atoms with E-state index in [0.717, 1.165) is 21.7 Å². The Kier molecular flexibility index (Phi) is 1.02. The monoisotopic (exact) mass is 176 g/mol. The van der Waals surface area contributed by atoms with Gasteiger partial charge in [0.05, 0.1) is 17.4 Å². The van der Waals surface area contributed by atoms with Gasteiger partial charge < -0.3 is 5.32 Å². The molecule has 3 heterocycles. The number of nitrogens with one attached hydrogen (secondary N) is 1. The average Bonchev–Trinajstić information content (AvgIpc) is 2.52. The highest BCUT2D eigenvalue weighted by Gasteiger charge is 2.12. The molecule has 3 rings (SSSR count). The van der Waals surface area contributed by atoms with E-state index in [4.69, 9.17) is 0 Å². The van der Waals surface area contributed by atoms with Gasteiger partial charge in [-0.15, -0.1) is 11.3 Å². The van der Waals surface area contributed by atoms with E-state index >= 15 is 0 Å². The molecule has 0 unspecified atom stereocenters. The molecule has 0 amide bonds. The first-order valence-electron chi connectivity index (χ1n) is 3.46. The van der Waals surface area contributed by atoms with Crippen LogP contribution in [0.1, 0.15) is 0 Å². The van der Waals surface area contributed by atoms with Crippen LogP contribution in [0.15, 0.2) is 16.7 Å². The highest BCUT2D eigenvalue weighted by molar-refractivity contribution is 7.17. The van der Waals surface area contributed by atoms with Gasteiger partial charge in [-0.3, -0.25) is 0 Å². The number of nitrogens with zero attached hydrogens (tertiary/aromatic N) is 3. The lowest BCUT2D eigenvalue weighted by atomic mass is 10.3. The van der Waals surface area contributed by atoms with Crippen molar-refractivity contribution in [2.75, 3.05) is 5.32 Å². The van der Waals surface area contributed by atoms with Gasteiger partial charge in [0.15, 0.2) is 5.82 Å². The second-order valence-corrected chi connectivity index (χ2v) is 3.29. The molecule has 0 atom stereocenters. The van der Waals surface area contributed by atoms with Crippen molar-refractivity contribution in [1.82, 2.24) is 9.97 Å². The Morgan fingerprint density at radius 1 is 1.33 bits per heavy atom. The van der Waals surface area contributed by atoms with Gasteiger partial charge in [-0.2, -0.15) is 0 Å². The Bertz CT molecular complexity index is 473. The lowest BCUT2D eigenvalue weighted by molar-refractivity contribution is 1.21. The Balaban J connectivity index is 2.57. The standard InChI is InChI=1S/C7H4N4S/c1-4-5-6(9-2-8-4)10-3-11-7(5)12-1/h1-3H,(H,8,9,10,11). The number of hydrogen-bond acceptors (Lipinski definition) is 5. The van der Waals surface area contributed by atoms with Crippen molar-refractivity contribution >= 4 is 39.4 Å². The van der Waals surface area contributed by atoms with E-state index in [1.807, 2.05) is 5.38 Å². The summed E-state index contributed by atoms with van der Waals surface area (Å²) in [6, 6.07) is 0. The molecule has 0 bridgehead atoms. The molecule has 1 N–H and O–H groups in total. The van der Waals surface area contributed by atoms with E-state index in [1.165, 1.54) is 0 Å². The molecule has 0 saturated carbocycles. The fourth-order valence-electron chi connectivity index (χ4n) is 1.23. The van der Waals surface area contributed by atoms with Crippen LogP contribution in [0.3, 0.4) is 0 Å². The predicted octanol–water partition coefficient (Wildman–Crippen LogP) is 1.78. The minimum atomic E-state index is 0.759. The van der Waals surface area contributed by atoms with Gasteiger partial charge in [0.25, 0.3) is 0 Å². The van der Waals surface area contributed by atoms with Gasteiger partial charge in [-0.1, -0.05) is 0 Å². The third-order valence-corrected chi connectivity index (χ3v) is 2.64. The fraction of sp³-hybridized carbons (Fsp3) is 0. The minimum Gasteiger partial charge on any atom is -0.345 e. The van der Waals surface area contributed by atoms with Crippen LogP contribution < -0.4 is 5.32 Å². The third-order valence-electron chi connectivity index (χ3n) is 1.76. The van der Waals surface area contributed by atoms with E-state index in [9.17, 15) is 0 Å². The molecule has 2 aromatic rings. The normalized spacial score (nSPS) is 13.3. The smallest absolute Gasteiger partial charge is 0.167 e. The molecule has 1 aliphatic heterocycles. The van der Waals surface area contributed by atoms with Crippen molar-refractivity contribution in [2.45, 2.75) is 0 Å². The van der Waals surface area contributed by atoms with E-state index in [0.29, 0.717) is 0 Å². The van der Waals surface area contributed by atoms with E-state index < -0.39 is 0 Å². The second-order valence-electron chi connectivity index (χ2n) is 2.43. The Morgan fingerprint density at radius 2 is 2.33 bits per heavy atom. The summed E-state index contributed by atoms with van der Waals surface area (Å²) in [7, 11) is 0. The maximum absolute atomic E-state index is 4.14. The maximum Gasteiger partial charge on any atom is 0.167 e. The highest BCUT2D eigenvalue weighted by Crippen LogP contribution is 2.35. The first kappa shape index (κ1) is 6.07. The van der Waals surface area contributed by atoms with Crippen LogP contribution in [0.4, 0.5) is 11.5 Å². The second kappa shape index (κ2) is 2.01. The number of rotatable bonds is 0. The summed E-state index contributed by atoms with van der Waals surface area (Å²) in [6.07, 6.45) is 3.19. The number of thiophene rings is 1. The Hall–Kier alpha value is -1.49. The van der Waals surface area contributed by atoms with E-state index in [1.54, 1.807) is 24.0 Å². The molecule has 0 spiro atoms. The molecule has 5 heteroatoms. The summed E-state index contributed by atoms with van der Waals surface area (Å²) in [5.74, 6) is 0.759. The molecule has 4 nitrogen and oxygen atoms in total. The molecule has 0 aromatic carbocycles. The summed E-state index contributed by atoms with van der Waals surface area (Å²) in [5.41, 5.74) is 1.06. The largest absolute Gasteiger partial charge is 0.345 e. The lowest BCUT2D eigenvalue weighted by Crippen LogP contribution is -1.98. The topological polar surface area (TPSA) is 50.2 Å². The predicted molar refractivity (Wildman–Crippen MR) is 49.2 cm³/mol. The zero-order valence-electron chi connectivity index (χ0n) is 5.98. The van der Waals surface area contributed by atoms with Crippen LogP contribution in [0.2, 0.25) is 0 Å². The van der Waals surface area contributed by atoms with Crippen molar-refractivity contribution in [3.05, 3.63) is 11.7 Å². The van der Waals surface area contributed by atoms with Crippen LogP contribution in [-0.2, 0) is 0 Å². The van der Waals surface area contributed by atoms with Crippen LogP contribution in [0, 0.1) is 0 Å². The SMILES string of the molecule is C1=Nc2ncnc3scc(c23)N1. The van der Waals surface area contributed by atoms with Gasteiger partial charge in [-0.25, -0.2) is 15.0 Å². The average molecular weight is 176 g/mol. The Labute approximate surface area is 72.0 Å². The minimum absolute atomic E-state index is 0.759. The zero-order chi connectivity index (χ0) is 7.97. The lowest BCUT2D eigenvalue weighted by Gasteiger charge is -2.04. The quantitative estimate of drug-likeness (QED) is 0.665. The molecular formula is C7H4N4S. The number of hydrogen-bond donors (Lipinski definition) is 1. The fourth-order valence-corrected chi connectivity index (χ4v) is 2.07. The summed E-state index contributed by atoms with van der Waals surface area (Å²) >= 11 is 1.60. The first-order valence-corrected chi connectivity index (χ1v) is 4.34. The molecule has 2 aromatic heterocycles. The summed E-state index contributed by atoms with van der Waals surface area (Å²) in [6.45, 7) is 0. The van der Waals surface area contributed by atoms with Crippen molar-refractivity contribution in [3.63, 3.8) is 0 Å². The Morgan fingerprint density at radius 3 is 3.33 bits per heavy atom. The van der Waals surface area contributed by atoms with E-state index in [-0.39, 0.29) is 0 Å². The molecule has 58 valence electrons. The van der Waals surface area contributed by atoms with Crippen molar-refractivity contribution in [3.8, 4) is 0 Å². The van der Waals surface area contributed by atoms with Crippen LogP contribution in [0.25, 0.3) is 10.2 Å². The number of aliphatic imine (C=N–C) groups is 1. The molecule has 0 fully saturated rings. The van der Waals surface area contributed by atoms with Crippen molar-refractivity contribution in [2.24, 2.45) is 4.99 Å². The molecule has 1 aliphatic rings. The zero-order valence-corrected chi connectivity index (χ0v) is 6.80. The molecule has 0 saturated heterocycles. The van der Waals surface area contributed by atoms with Gasteiger partial charge in [0, 0.05) is 5.38 Å². The first-order chi connectivity index (χ1) is 5.95. The molecule has 0 aliphatic carbocycles. The van der Waals surface area contributed by atoms with Crippen molar-refractivity contribution in [1.29, 1.82) is 0 Å². The third kappa shape index (κ3) is 0.634. The van der Waals surface area contributed by atoms with Gasteiger partial charge in [0.1, 0.15) is 11.2 Å². The number of anilines is 1.